The maximum Gasteiger partial charge on any atom is 0.249 e. The van der Waals surface area contributed by atoms with E-state index in [-0.39, 0.29) is 18.0 Å². The van der Waals surface area contributed by atoms with Crippen molar-refractivity contribution in [2.24, 2.45) is 0 Å². The highest BCUT2D eigenvalue weighted by molar-refractivity contribution is 5.81. The van der Waals surface area contributed by atoms with Crippen molar-refractivity contribution in [1.29, 1.82) is 0 Å². The molecule has 0 aliphatic carbocycles. The molecular weight excluding hydrogens is 318 g/mol. The van der Waals surface area contributed by atoms with Crippen LogP contribution in [-0.2, 0) is 14.3 Å². The van der Waals surface area contributed by atoms with Gasteiger partial charge in [0.05, 0.1) is 30.3 Å². The number of benzene rings is 1. The van der Waals surface area contributed by atoms with Gasteiger partial charge in [-0.2, -0.15) is 0 Å². The van der Waals surface area contributed by atoms with Crippen LogP contribution in [0, 0.1) is 0 Å². The molecule has 25 heavy (non-hydrogen) atoms. The minimum atomic E-state index is -0.528. The number of rotatable bonds is 9. The van der Waals surface area contributed by atoms with Gasteiger partial charge in [-0.05, 0) is 46.8 Å². The van der Waals surface area contributed by atoms with Crippen LogP contribution in [0.25, 0.3) is 11.0 Å². The predicted molar refractivity (Wildman–Crippen MR) is 98.6 cm³/mol. The summed E-state index contributed by atoms with van der Waals surface area (Å²) in [5.74, 6) is 0.706. The van der Waals surface area contributed by atoms with Crippen LogP contribution in [0.4, 0.5) is 0 Å². The van der Waals surface area contributed by atoms with Crippen LogP contribution in [0.15, 0.2) is 24.3 Å². The molecular formula is C19H29N3O3. The van der Waals surface area contributed by atoms with Crippen LogP contribution in [-0.4, -0.2) is 41.4 Å². The van der Waals surface area contributed by atoms with E-state index in [1.54, 1.807) is 6.92 Å². The first kappa shape index (κ1) is 19.4. The zero-order chi connectivity index (χ0) is 18.4. The van der Waals surface area contributed by atoms with Crippen molar-refractivity contribution in [3.8, 4) is 0 Å². The highest BCUT2D eigenvalue weighted by Gasteiger charge is 2.22. The van der Waals surface area contributed by atoms with E-state index < -0.39 is 6.10 Å². The summed E-state index contributed by atoms with van der Waals surface area (Å²) in [7, 11) is 0. The summed E-state index contributed by atoms with van der Waals surface area (Å²) >= 11 is 0. The molecule has 1 N–H and O–H groups in total. The Hall–Kier alpha value is -1.92. The van der Waals surface area contributed by atoms with Crippen LogP contribution in [0.5, 0.6) is 0 Å². The highest BCUT2D eigenvalue weighted by atomic mass is 16.5. The Kier molecular flexibility index (Phi) is 6.96. The summed E-state index contributed by atoms with van der Waals surface area (Å²) in [5.41, 5.74) is 2.02. The van der Waals surface area contributed by atoms with Crippen LogP contribution in [0.3, 0.4) is 0 Å². The summed E-state index contributed by atoms with van der Waals surface area (Å²) in [4.78, 5) is 17.1. The van der Waals surface area contributed by atoms with Gasteiger partial charge in [0.25, 0.3) is 0 Å². The Balaban J connectivity index is 2.07. The van der Waals surface area contributed by atoms with E-state index >= 15 is 0 Å². The largest absolute Gasteiger partial charge is 0.379 e. The van der Waals surface area contributed by atoms with E-state index in [1.807, 2.05) is 32.0 Å². The number of nitrogens with zero attached hydrogens (tertiary/aromatic N) is 2. The van der Waals surface area contributed by atoms with Crippen molar-refractivity contribution in [2.45, 2.75) is 52.8 Å². The van der Waals surface area contributed by atoms with E-state index in [0.29, 0.717) is 19.8 Å². The highest BCUT2D eigenvalue weighted by Crippen LogP contribution is 2.24. The molecule has 0 fully saturated rings. The molecule has 0 saturated heterocycles. The van der Waals surface area contributed by atoms with Gasteiger partial charge in [-0.15, -0.1) is 0 Å². The van der Waals surface area contributed by atoms with Crippen LogP contribution in [0.2, 0.25) is 0 Å². The predicted octanol–water partition coefficient (Wildman–Crippen LogP) is 3.24. The normalized spacial score (nSPS) is 14.0. The second-order valence-corrected chi connectivity index (χ2v) is 6.36. The number of nitrogens with one attached hydrogen (secondary N) is 1. The van der Waals surface area contributed by atoms with E-state index in [1.165, 1.54) is 0 Å². The fourth-order valence-corrected chi connectivity index (χ4v) is 2.81. The number of hydrogen-bond donors (Lipinski definition) is 1. The van der Waals surface area contributed by atoms with Gasteiger partial charge in [0.2, 0.25) is 5.91 Å². The first-order chi connectivity index (χ1) is 12.0. The van der Waals surface area contributed by atoms with Gasteiger partial charge < -0.3 is 19.4 Å². The molecule has 0 saturated carbocycles. The second kappa shape index (κ2) is 8.97. The third kappa shape index (κ3) is 4.80. The fourth-order valence-electron chi connectivity index (χ4n) is 2.81. The Morgan fingerprint density at radius 3 is 2.60 bits per heavy atom. The molecule has 0 bridgehead atoms. The zero-order valence-corrected chi connectivity index (χ0v) is 15.8. The van der Waals surface area contributed by atoms with Crippen LogP contribution < -0.4 is 5.32 Å². The molecule has 0 aliphatic heterocycles. The first-order valence-electron chi connectivity index (χ1n) is 8.92. The Morgan fingerprint density at radius 1 is 1.20 bits per heavy atom. The summed E-state index contributed by atoms with van der Waals surface area (Å²) in [5, 5.41) is 3.00. The van der Waals surface area contributed by atoms with Crippen molar-refractivity contribution in [2.75, 3.05) is 19.8 Å². The minimum absolute atomic E-state index is 0.147. The van der Waals surface area contributed by atoms with E-state index in [9.17, 15) is 4.79 Å². The molecule has 1 amide bonds. The zero-order valence-electron chi connectivity index (χ0n) is 15.8. The van der Waals surface area contributed by atoms with Crippen LogP contribution >= 0.6 is 0 Å². The standard InChI is InChI=1S/C19H29N3O3/c1-6-24-11-12-25-15(5)19(23)20-14(4)18-21-16-9-7-8-10-17(16)22(18)13(2)3/h7-10,13-15H,6,11-12H2,1-5H3,(H,20,23)/t14-,15-/m1/s1. The van der Waals surface area contributed by atoms with Crippen LogP contribution in [0.1, 0.15) is 52.5 Å². The number of hydrogen-bond acceptors (Lipinski definition) is 4. The molecule has 2 aromatic rings. The number of amides is 1. The lowest BCUT2D eigenvalue weighted by molar-refractivity contribution is -0.133. The molecule has 2 rings (SSSR count). The molecule has 138 valence electrons. The monoisotopic (exact) mass is 347 g/mol. The van der Waals surface area contributed by atoms with Crippen molar-refractivity contribution in [3.05, 3.63) is 30.1 Å². The van der Waals surface area contributed by atoms with Gasteiger partial charge in [0, 0.05) is 12.6 Å². The van der Waals surface area contributed by atoms with Crippen molar-refractivity contribution < 1.29 is 14.3 Å². The van der Waals surface area contributed by atoms with Gasteiger partial charge >= 0.3 is 0 Å². The molecule has 1 aromatic carbocycles. The van der Waals surface area contributed by atoms with Crippen molar-refractivity contribution in [3.63, 3.8) is 0 Å². The number of fused-ring (bicyclic) bond motifs is 1. The third-order valence-electron chi connectivity index (χ3n) is 4.05. The molecule has 1 aromatic heterocycles. The summed E-state index contributed by atoms with van der Waals surface area (Å²) in [6.07, 6.45) is -0.528. The molecule has 1 heterocycles. The van der Waals surface area contributed by atoms with Crippen molar-refractivity contribution >= 4 is 16.9 Å². The summed E-state index contributed by atoms with van der Waals surface area (Å²) in [6.45, 7) is 11.4. The molecule has 0 radical (unpaired) electrons. The van der Waals surface area contributed by atoms with Gasteiger partial charge in [0.1, 0.15) is 11.9 Å². The van der Waals surface area contributed by atoms with E-state index in [0.717, 1.165) is 16.9 Å². The van der Waals surface area contributed by atoms with Gasteiger partial charge in [-0.25, -0.2) is 4.98 Å². The lowest BCUT2D eigenvalue weighted by Gasteiger charge is -2.20. The number of imidazole rings is 1. The number of para-hydroxylation sites is 2. The molecule has 2 atom stereocenters. The smallest absolute Gasteiger partial charge is 0.249 e. The number of carbonyl (C=O) groups is 1. The van der Waals surface area contributed by atoms with Gasteiger partial charge in [0.15, 0.2) is 0 Å². The second-order valence-electron chi connectivity index (χ2n) is 6.36. The quantitative estimate of drug-likeness (QED) is 0.707. The fraction of sp³-hybridized carbons (Fsp3) is 0.579. The average molecular weight is 347 g/mol. The van der Waals surface area contributed by atoms with E-state index in [4.69, 9.17) is 14.5 Å². The molecule has 0 aliphatic rings. The third-order valence-corrected chi connectivity index (χ3v) is 4.05. The maximum atomic E-state index is 12.4. The number of carbonyl (C=O) groups excluding carboxylic acids is 1. The molecule has 6 heteroatoms. The average Bonchev–Trinajstić information content (AvgIpc) is 2.98. The topological polar surface area (TPSA) is 65.4 Å². The Bertz CT molecular complexity index is 696. The Labute approximate surface area is 149 Å². The number of ether oxygens (including phenoxy) is 2. The lowest BCUT2D eigenvalue weighted by atomic mass is 10.2. The SMILES string of the molecule is CCOCCO[C@H](C)C(=O)N[C@H](C)c1nc2ccccc2n1C(C)C. The summed E-state index contributed by atoms with van der Waals surface area (Å²) in [6, 6.07) is 8.07. The minimum Gasteiger partial charge on any atom is -0.379 e. The molecule has 0 spiro atoms. The van der Waals surface area contributed by atoms with Gasteiger partial charge in [-0.1, -0.05) is 12.1 Å². The van der Waals surface area contributed by atoms with Gasteiger partial charge in [-0.3, -0.25) is 4.79 Å². The Morgan fingerprint density at radius 2 is 1.92 bits per heavy atom. The number of aromatic nitrogens is 2. The lowest BCUT2D eigenvalue weighted by Crippen LogP contribution is -2.37. The van der Waals surface area contributed by atoms with Crippen molar-refractivity contribution in [1.82, 2.24) is 14.9 Å². The van der Waals surface area contributed by atoms with E-state index in [2.05, 4.69) is 29.8 Å². The first-order valence-corrected chi connectivity index (χ1v) is 8.92. The molecule has 0 unspecified atom stereocenters. The summed E-state index contributed by atoms with van der Waals surface area (Å²) < 4.78 is 12.9. The molecule has 6 nitrogen and oxygen atoms in total. The maximum absolute atomic E-state index is 12.4.